The predicted octanol–water partition coefficient (Wildman–Crippen LogP) is 5.00. The number of likely N-dealkylation sites (tertiary alicyclic amines) is 1. The highest BCUT2D eigenvalue weighted by molar-refractivity contribution is 5.77. The van der Waals surface area contributed by atoms with Crippen LogP contribution in [-0.2, 0) is 4.79 Å². The van der Waals surface area contributed by atoms with Crippen LogP contribution in [0, 0.1) is 0 Å². The summed E-state index contributed by atoms with van der Waals surface area (Å²) in [5.74, 6) is 0.444. The SMILES string of the molecule is O=C(CC(c1ccccc1)c1ccccc1)N1CCCCCCC1. The number of amides is 1. The minimum atomic E-state index is 0.144. The predicted molar refractivity (Wildman–Crippen MR) is 99.0 cm³/mol. The van der Waals surface area contributed by atoms with Gasteiger partial charge >= 0.3 is 0 Å². The maximum absolute atomic E-state index is 12.9. The van der Waals surface area contributed by atoms with Crippen LogP contribution in [0.5, 0.6) is 0 Å². The van der Waals surface area contributed by atoms with Crippen LogP contribution < -0.4 is 0 Å². The topological polar surface area (TPSA) is 20.3 Å². The van der Waals surface area contributed by atoms with E-state index in [0.29, 0.717) is 12.3 Å². The van der Waals surface area contributed by atoms with Gasteiger partial charge in [0.05, 0.1) is 0 Å². The lowest BCUT2D eigenvalue weighted by Gasteiger charge is -2.27. The van der Waals surface area contributed by atoms with Crippen LogP contribution in [0.3, 0.4) is 0 Å². The molecule has 0 bridgehead atoms. The molecule has 0 atom stereocenters. The molecule has 1 aliphatic heterocycles. The van der Waals surface area contributed by atoms with Gasteiger partial charge in [0, 0.05) is 25.4 Å². The number of carbonyl (C=O) groups excluding carboxylic acids is 1. The Morgan fingerprint density at radius 1 is 0.750 bits per heavy atom. The largest absolute Gasteiger partial charge is 0.343 e. The van der Waals surface area contributed by atoms with Gasteiger partial charge in [-0.15, -0.1) is 0 Å². The van der Waals surface area contributed by atoms with Crippen LogP contribution in [0.4, 0.5) is 0 Å². The fourth-order valence-electron chi connectivity index (χ4n) is 3.60. The molecule has 0 radical (unpaired) electrons. The molecule has 24 heavy (non-hydrogen) atoms. The van der Waals surface area contributed by atoms with Crippen molar-refractivity contribution in [2.45, 2.75) is 44.4 Å². The van der Waals surface area contributed by atoms with Crippen molar-refractivity contribution in [1.29, 1.82) is 0 Å². The summed E-state index contributed by atoms with van der Waals surface area (Å²) in [6.07, 6.45) is 6.68. The van der Waals surface area contributed by atoms with Gasteiger partial charge < -0.3 is 4.90 Å². The van der Waals surface area contributed by atoms with Crippen molar-refractivity contribution in [2.75, 3.05) is 13.1 Å². The van der Waals surface area contributed by atoms with Crippen molar-refractivity contribution in [3.8, 4) is 0 Å². The van der Waals surface area contributed by atoms with E-state index < -0.39 is 0 Å². The molecule has 1 aliphatic rings. The van der Waals surface area contributed by atoms with Gasteiger partial charge in [-0.1, -0.05) is 79.9 Å². The Kier molecular flexibility index (Phi) is 6.06. The van der Waals surface area contributed by atoms with Crippen LogP contribution in [0.15, 0.2) is 60.7 Å². The quantitative estimate of drug-likeness (QED) is 0.776. The van der Waals surface area contributed by atoms with Crippen LogP contribution in [-0.4, -0.2) is 23.9 Å². The first-order valence-electron chi connectivity index (χ1n) is 9.22. The van der Waals surface area contributed by atoms with Gasteiger partial charge in [-0.05, 0) is 24.0 Å². The fourth-order valence-corrected chi connectivity index (χ4v) is 3.60. The zero-order valence-electron chi connectivity index (χ0n) is 14.4. The highest BCUT2D eigenvalue weighted by Crippen LogP contribution is 2.29. The van der Waals surface area contributed by atoms with E-state index in [4.69, 9.17) is 0 Å². The Morgan fingerprint density at radius 3 is 1.71 bits per heavy atom. The molecule has 0 spiro atoms. The van der Waals surface area contributed by atoms with E-state index in [-0.39, 0.29) is 5.92 Å². The summed E-state index contributed by atoms with van der Waals surface area (Å²) in [5, 5.41) is 0. The first-order chi connectivity index (χ1) is 11.8. The molecule has 1 heterocycles. The molecule has 2 nitrogen and oxygen atoms in total. The van der Waals surface area contributed by atoms with Crippen molar-refractivity contribution in [3.05, 3.63) is 71.8 Å². The molecule has 126 valence electrons. The maximum atomic E-state index is 12.9. The molecule has 0 saturated carbocycles. The van der Waals surface area contributed by atoms with E-state index in [1.54, 1.807) is 0 Å². The van der Waals surface area contributed by atoms with E-state index in [1.807, 2.05) is 12.1 Å². The zero-order valence-corrected chi connectivity index (χ0v) is 14.4. The van der Waals surface area contributed by atoms with Crippen molar-refractivity contribution >= 4 is 5.91 Å². The Balaban J connectivity index is 1.77. The maximum Gasteiger partial charge on any atom is 0.223 e. The summed E-state index contributed by atoms with van der Waals surface area (Å²) in [6.45, 7) is 1.85. The van der Waals surface area contributed by atoms with Gasteiger partial charge in [-0.2, -0.15) is 0 Å². The number of nitrogens with zero attached hydrogens (tertiary/aromatic N) is 1. The van der Waals surface area contributed by atoms with Crippen molar-refractivity contribution in [3.63, 3.8) is 0 Å². The first kappa shape index (κ1) is 16.8. The van der Waals surface area contributed by atoms with Gasteiger partial charge in [0.1, 0.15) is 0 Å². The standard InChI is InChI=1S/C22H27NO/c24-22(23-16-10-2-1-3-11-17-23)18-21(19-12-6-4-7-13-19)20-14-8-5-9-15-20/h4-9,12-15,21H,1-3,10-11,16-18H2. The van der Waals surface area contributed by atoms with E-state index in [0.717, 1.165) is 25.9 Å². The summed E-state index contributed by atoms with van der Waals surface area (Å²) in [7, 11) is 0. The summed E-state index contributed by atoms with van der Waals surface area (Å²) in [5.41, 5.74) is 2.45. The first-order valence-corrected chi connectivity index (χ1v) is 9.22. The Labute approximate surface area is 145 Å². The molecular formula is C22H27NO. The highest BCUT2D eigenvalue weighted by atomic mass is 16.2. The average Bonchev–Trinajstić information content (AvgIpc) is 2.61. The van der Waals surface area contributed by atoms with Crippen LogP contribution in [0.1, 0.15) is 55.6 Å². The van der Waals surface area contributed by atoms with Crippen LogP contribution in [0.2, 0.25) is 0 Å². The molecule has 0 unspecified atom stereocenters. The summed E-state index contributed by atoms with van der Waals surface area (Å²) >= 11 is 0. The third-order valence-electron chi connectivity index (χ3n) is 4.99. The lowest BCUT2D eigenvalue weighted by Crippen LogP contribution is -2.34. The van der Waals surface area contributed by atoms with Gasteiger partial charge in [-0.25, -0.2) is 0 Å². The lowest BCUT2D eigenvalue weighted by molar-refractivity contribution is -0.131. The van der Waals surface area contributed by atoms with Gasteiger partial charge in [0.2, 0.25) is 5.91 Å². The Bertz CT molecular complexity index is 575. The average molecular weight is 321 g/mol. The smallest absolute Gasteiger partial charge is 0.223 e. The molecule has 1 amide bonds. The third kappa shape index (κ3) is 4.47. The highest BCUT2D eigenvalue weighted by Gasteiger charge is 2.22. The molecule has 2 aromatic carbocycles. The summed E-state index contributed by atoms with van der Waals surface area (Å²) in [4.78, 5) is 15.0. The number of carbonyl (C=O) groups is 1. The molecule has 2 aromatic rings. The van der Waals surface area contributed by atoms with E-state index in [2.05, 4.69) is 53.4 Å². The number of benzene rings is 2. The molecule has 0 N–H and O–H groups in total. The fraction of sp³-hybridized carbons (Fsp3) is 0.409. The number of hydrogen-bond acceptors (Lipinski definition) is 1. The van der Waals surface area contributed by atoms with Crippen molar-refractivity contribution in [1.82, 2.24) is 4.90 Å². The minimum Gasteiger partial charge on any atom is -0.343 e. The van der Waals surface area contributed by atoms with Gasteiger partial charge in [0.25, 0.3) is 0 Å². The van der Waals surface area contributed by atoms with Gasteiger partial charge in [0.15, 0.2) is 0 Å². The van der Waals surface area contributed by atoms with Crippen molar-refractivity contribution in [2.24, 2.45) is 0 Å². The molecule has 0 aliphatic carbocycles. The van der Waals surface area contributed by atoms with Crippen molar-refractivity contribution < 1.29 is 4.79 Å². The second-order valence-electron chi connectivity index (χ2n) is 6.73. The zero-order chi connectivity index (χ0) is 16.6. The second kappa shape index (κ2) is 8.68. The molecule has 3 rings (SSSR count). The van der Waals surface area contributed by atoms with E-state index >= 15 is 0 Å². The third-order valence-corrected chi connectivity index (χ3v) is 4.99. The lowest BCUT2D eigenvalue weighted by atomic mass is 9.88. The van der Waals surface area contributed by atoms with E-state index in [9.17, 15) is 4.79 Å². The molecule has 1 saturated heterocycles. The Morgan fingerprint density at radius 2 is 1.21 bits per heavy atom. The summed E-state index contributed by atoms with van der Waals surface area (Å²) < 4.78 is 0. The normalized spacial score (nSPS) is 15.8. The minimum absolute atomic E-state index is 0.144. The molecule has 1 fully saturated rings. The second-order valence-corrected chi connectivity index (χ2v) is 6.73. The monoisotopic (exact) mass is 321 g/mol. The molecule has 2 heteroatoms. The molecular weight excluding hydrogens is 294 g/mol. The summed E-state index contributed by atoms with van der Waals surface area (Å²) in [6, 6.07) is 20.9. The van der Waals surface area contributed by atoms with E-state index in [1.165, 1.54) is 30.4 Å². The van der Waals surface area contributed by atoms with Crippen LogP contribution in [0.25, 0.3) is 0 Å². The van der Waals surface area contributed by atoms with Crippen LogP contribution >= 0.6 is 0 Å². The Hall–Kier alpha value is -2.09. The molecule has 0 aromatic heterocycles. The van der Waals surface area contributed by atoms with Gasteiger partial charge in [-0.3, -0.25) is 4.79 Å². The number of hydrogen-bond donors (Lipinski definition) is 0. The number of rotatable bonds is 4.